The zero-order valence-corrected chi connectivity index (χ0v) is 11.5. The quantitative estimate of drug-likeness (QED) is 0.392. The van der Waals surface area contributed by atoms with Gasteiger partial charge in [-0.15, -0.1) is 0 Å². The normalized spacial score (nSPS) is 11.1. The molecule has 7 nitrogen and oxygen atoms in total. The predicted octanol–water partition coefficient (Wildman–Crippen LogP) is 1.10. The highest BCUT2D eigenvalue weighted by atomic mass is 32.2. The molecule has 0 unspecified atom stereocenters. The van der Waals surface area contributed by atoms with E-state index in [2.05, 4.69) is 5.32 Å². The van der Waals surface area contributed by atoms with Gasteiger partial charge in [-0.1, -0.05) is 0 Å². The minimum absolute atomic E-state index is 0.0878. The van der Waals surface area contributed by atoms with Crippen molar-refractivity contribution in [1.29, 1.82) is 0 Å². The fourth-order valence-electron chi connectivity index (χ4n) is 1.47. The van der Waals surface area contributed by atoms with Crippen LogP contribution >= 0.6 is 0 Å². The Morgan fingerprint density at radius 2 is 1.95 bits per heavy atom. The molecule has 0 radical (unpaired) electrons. The average molecular weight is 291 g/mol. The van der Waals surface area contributed by atoms with Crippen LogP contribution in [0, 0.1) is 0 Å². The maximum absolute atomic E-state index is 10.5. The van der Waals surface area contributed by atoms with Crippen molar-refractivity contribution in [3.63, 3.8) is 0 Å². The molecule has 0 fully saturated rings. The zero-order chi connectivity index (χ0) is 14.5. The Bertz CT molecular complexity index is 528. The molecule has 3 N–H and O–H groups in total. The van der Waals surface area contributed by atoms with Crippen molar-refractivity contribution in [2.75, 3.05) is 31.8 Å². The first-order valence-electron chi connectivity index (χ1n) is 5.51. The van der Waals surface area contributed by atoms with Gasteiger partial charge in [0.2, 0.25) is 0 Å². The van der Waals surface area contributed by atoms with Crippen molar-refractivity contribution in [3.05, 3.63) is 12.1 Å². The molecule has 0 aliphatic heterocycles. The number of benzene rings is 1. The van der Waals surface area contributed by atoms with E-state index in [1.165, 1.54) is 20.3 Å². The van der Waals surface area contributed by atoms with Gasteiger partial charge in [-0.25, -0.2) is 0 Å². The summed E-state index contributed by atoms with van der Waals surface area (Å²) in [7, 11) is -1.07. The molecular weight excluding hydrogens is 274 g/mol. The van der Waals surface area contributed by atoms with Crippen molar-refractivity contribution in [2.45, 2.75) is 6.42 Å². The van der Waals surface area contributed by atoms with Crippen molar-refractivity contribution < 1.29 is 27.6 Å². The van der Waals surface area contributed by atoms with Crippen LogP contribution < -0.4 is 14.8 Å². The summed E-state index contributed by atoms with van der Waals surface area (Å²) in [4.78, 5) is 0. The molecule has 0 amide bonds. The molecule has 1 aromatic rings. The van der Waals surface area contributed by atoms with Crippen LogP contribution in [-0.2, 0) is 10.1 Å². The molecule has 0 spiro atoms. The number of aromatic hydroxyl groups is 1. The van der Waals surface area contributed by atoms with Crippen LogP contribution in [0.1, 0.15) is 6.42 Å². The van der Waals surface area contributed by atoms with Crippen LogP contribution in [0.15, 0.2) is 12.1 Å². The molecule has 0 bridgehead atoms. The van der Waals surface area contributed by atoms with E-state index in [4.69, 9.17) is 14.0 Å². The van der Waals surface area contributed by atoms with Gasteiger partial charge in [0.15, 0.2) is 11.5 Å². The van der Waals surface area contributed by atoms with Gasteiger partial charge < -0.3 is 19.9 Å². The minimum Gasteiger partial charge on any atom is -0.503 e. The number of rotatable bonds is 7. The molecule has 1 aromatic carbocycles. The molecule has 108 valence electrons. The highest BCUT2D eigenvalue weighted by molar-refractivity contribution is 7.85. The van der Waals surface area contributed by atoms with Gasteiger partial charge in [-0.3, -0.25) is 4.55 Å². The Balaban J connectivity index is 2.72. The zero-order valence-electron chi connectivity index (χ0n) is 10.7. The smallest absolute Gasteiger partial charge is 0.264 e. The minimum atomic E-state index is -3.97. The summed E-state index contributed by atoms with van der Waals surface area (Å²) < 4.78 is 39.7. The molecule has 19 heavy (non-hydrogen) atoms. The third kappa shape index (κ3) is 4.84. The Labute approximate surface area is 111 Å². The van der Waals surface area contributed by atoms with E-state index in [0.717, 1.165) is 0 Å². The lowest BCUT2D eigenvalue weighted by Gasteiger charge is -2.13. The first kappa shape index (κ1) is 15.4. The first-order chi connectivity index (χ1) is 8.87. The van der Waals surface area contributed by atoms with Gasteiger partial charge in [0.25, 0.3) is 10.1 Å². The van der Waals surface area contributed by atoms with Gasteiger partial charge in [-0.2, -0.15) is 8.42 Å². The summed E-state index contributed by atoms with van der Waals surface area (Å²) in [5, 5.41) is 12.7. The summed E-state index contributed by atoms with van der Waals surface area (Å²) in [5.41, 5.74) is 0.367. The topological polar surface area (TPSA) is 105 Å². The maximum atomic E-state index is 10.5. The fraction of sp³-hybridized carbons (Fsp3) is 0.455. The SMILES string of the molecule is COc1cc(NCCCS(=O)(=O)O)c(O)c(OC)c1. The van der Waals surface area contributed by atoms with Crippen LogP contribution in [0.5, 0.6) is 17.2 Å². The van der Waals surface area contributed by atoms with Gasteiger partial charge in [0.1, 0.15) is 5.75 Å². The van der Waals surface area contributed by atoms with E-state index in [1.54, 1.807) is 6.07 Å². The molecule has 0 saturated carbocycles. The second kappa shape index (κ2) is 6.48. The Morgan fingerprint density at radius 1 is 1.26 bits per heavy atom. The lowest BCUT2D eigenvalue weighted by atomic mass is 10.2. The number of phenols is 1. The van der Waals surface area contributed by atoms with Gasteiger partial charge >= 0.3 is 0 Å². The number of hydrogen-bond acceptors (Lipinski definition) is 6. The molecular formula is C11H17NO6S. The second-order valence-electron chi connectivity index (χ2n) is 3.79. The number of phenolic OH excluding ortho intramolecular Hbond substituents is 1. The highest BCUT2D eigenvalue weighted by Crippen LogP contribution is 2.38. The van der Waals surface area contributed by atoms with Crippen molar-refractivity contribution >= 4 is 15.8 Å². The Kier molecular flexibility index (Phi) is 5.25. The number of ether oxygens (including phenoxy) is 2. The van der Waals surface area contributed by atoms with Crippen LogP contribution in [-0.4, -0.2) is 44.6 Å². The maximum Gasteiger partial charge on any atom is 0.264 e. The van der Waals surface area contributed by atoms with E-state index < -0.39 is 10.1 Å². The summed E-state index contributed by atoms with van der Waals surface area (Å²) in [5.74, 6) is 0.306. The van der Waals surface area contributed by atoms with E-state index >= 15 is 0 Å². The molecule has 0 atom stereocenters. The van der Waals surface area contributed by atoms with Crippen LogP contribution in [0.4, 0.5) is 5.69 Å². The molecule has 8 heteroatoms. The van der Waals surface area contributed by atoms with E-state index in [0.29, 0.717) is 11.4 Å². The van der Waals surface area contributed by atoms with Gasteiger partial charge in [0, 0.05) is 18.7 Å². The average Bonchev–Trinajstić information content (AvgIpc) is 2.35. The monoisotopic (exact) mass is 291 g/mol. The molecule has 0 saturated heterocycles. The number of methoxy groups -OCH3 is 2. The molecule has 0 aliphatic rings. The third-order valence-electron chi connectivity index (χ3n) is 2.40. The summed E-state index contributed by atoms with van der Waals surface area (Å²) in [6.45, 7) is 0.268. The Morgan fingerprint density at radius 3 is 2.47 bits per heavy atom. The lowest BCUT2D eigenvalue weighted by molar-refractivity contribution is 0.365. The summed E-state index contributed by atoms with van der Waals surface area (Å²) in [6, 6.07) is 3.09. The van der Waals surface area contributed by atoms with Crippen LogP contribution in [0.2, 0.25) is 0 Å². The lowest BCUT2D eigenvalue weighted by Crippen LogP contribution is -2.10. The molecule has 0 aliphatic carbocycles. The number of anilines is 1. The standard InChI is InChI=1S/C11H17NO6S/c1-17-8-6-9(11(13)10(7-8)18-2)12-4-3-5-19(14,15)16/h6-7,12-13H,3-5H2,1-2H3,(H,14,15,16). The largest absolute Gasteiger partial charge is 0.503 e. The first-order valence-corrected chi connectivity index (χ1v) is 7.12. The van der Waals surface area contributed by atoms with Crippen LogP contribution in [0.25, 0.3) is 0 Å². The molecule has 0 aromatic heterocycles. The predicted molar refractivity (Wildman–Crippen MR) is 70.7 cm³/mol. The Hall–Kier alpha value is -1.67. The fourth-order valence-corrected chi connectivity index (χ4v) is 1.98. The summed E-state index contributed by atoms with van der Waals surface area (Å²) in [6.07, 6.45) is 0.206. The van der Waals surface area contributed by atoms with Crippen molar-refractivity contribution in [3.8, 4) is 17.2 Å². The van der Waals surface area contributed by atoms with Crippen LogP contribution in [0.3, 0.4) is 0 Å². The van der Waals surface area contributed by atoms with Gasteiger partial charge in [0.05, 0.1) is 25.7 Å². The molecule has 0 heterocycles. The number of nitrogens with one attached hydrogen (secondary N) is 1. The third-order valence-corrected chi connectivity index (χ3v) is 3.20. The van der Waals surface area contributed by atoms with Crippen molar-refractivity contribution in [2.24, 2.45) is 0 Å². The van der Waals surface area contributed by atoms with E-state index in [-0.39, 0.29) is 30.2 Å². The van der Waals surface area contributed by atoms with Crippen molar-refractivity contribution in [1.82, 2.24) is 0 Å². The van der Waals surface area contributed by atoms with Gasteiger partial charge in [-0.05, 0) is 6.42 Å². The second-order valence-corrected chi connectivity index (χ2v) is 5.36. The molecule has 1 rings (SSSR count). The summed E-state index contributed by atoms with van der Waals surface area (Å²) >= 11 is 0. The van der Waals surface area contributed by atoms with E-state index in [1.807, 2.05) is 0 Å². The van der Waals surface area contributed by atoms with E-state index in [9.17, 15) is 13.5 Å². The number of hydrogen-bond donors (Lipinski definition) is 3. The highest BCUT2D eigenvalue weighted by Gasteiger charge is 2.11.